The van der Waals surface area contributed by atoms with Gasteiger partial charge in [0.15, 0.2) is 5.16 Å². The summed E-state index contributed by atoms with van der Waals surface area (Å²) in [5.41, 5.74) is 0.536. The van der Waals surface area contributed by atoms with Crippen LogP contribution in [0.2, 0.25) is 0 Å². The van der Waals surface area contributed by atoms with Crippen molar-refractivity contribution in [1.29, 1.82) is 0 Å². The van der Waals surface area contributed by atoms with Crippen LogP contribution in [0.25, 0.3) is 0 Å². The maximum Gasteiger partial charge on any atom is 0.242 e. The first kappa shape index (κ1) is 19.4. The Hall–Kier alpha value is -1.91. The average molecular weight is 383 g/mol. The van der Waals surface area contributed by atoms with Crippen molar-refractivity contribution in [2.75, 3.05) is 25.2 Å². The highest BCUT2D eigenvalue weighted by molar-refractivity contribution is 7.99. The third-order valence-electron chi connectivity index (χ3n) is 3.35. The van der Waals surface area contributed by atoms with Crippen molar-refractivity contribution < 1.29 is 13.2 Å². The van der Waals surface area contributed by atoms with E-state index < -0.39 is 10.0 Å². The van der Waals surface area contributed by atoms with Gasteiger partial charge in [0.2, 0.25) is 15.9 Å². The minimum Gasteiger partial charge on any atom is -0.325 e. The van der Waals surface area contributed by atoms with Crippen LogP contribution in [0.5, 0.6) is 0 Å². The molecule has 2 rings (SSSR count). The number of hydrogen-bond donors (Lipinski definition) is 1. The van der Waals surface area contributed by atoms with Crippen molar-refractivity contribution >= 4 is 33.4 Å². The summed E-state index contributed by atoms with van der Waals surface area (Å²) >= 11 is 1.30. The zero-order valence-electron chi connectivity index (χ0n) is 14.5. The number of carbonyl (C=O) groups excluding carboxylic acids is 1. The van der Waals surface area contributed by atoms with Gasteiger partial charge in [0, 0.05) is 25.8 Å². The molecule has 0 spiro atoms. The molecule has 0 saturated carbocycles. The van der Waals surface area contributed by atoms with E-state index in [1.54, 1.807) is 18.5 Å². The molecule has 0 aliphatic carbocycles. The maximum absolute atomic E-state index is 12.1. The highest BCUT2D eigenvalue weighted by Gasteiger charge is 2.17. The summed E-state index contributed by atoms with van der Waals surface area (Å²) < 4.78 is 27.0. The zero-order chi connectivity index (χ0) is 18.6. The predicted octanol–water partition coefficient (Wildman–Crippen LogP) is 1.84. The topological polar surface area (TPSA) is 97.2 Å². The first-order chi connectivity index (χ1) is 11.7. The minimum atomic E-state index is -3.48. The van der Waals surface area contributed by atoms with E-state index in [0.717, 1.165) is 4.31 Å². The fourth-order valence-corrected chi connectivity index (χ4v) is 3.68. The second-order valence-electron chi connectivity index (χ2n) is 5.76. The SMILES string of the molecule is CC(C)n1cnnc1SCC(=O)Nc1ccc(S(=O)(=O)N(C)C)cc1. The Bertz CT molecular complexity index is 829. The molecule has 0 aliphatic heterocycles. The van der Waals surface area contributed by atoms with E-state index in [9.17, 15) is 13.2 Å². The molecule has 0 bridgehead atoms. The van der Waals surface area contributed by atoms with Crippen LogP contribution in [0.1, 0.15) is 19.9 Å². The number of aromatic nitrogens is 3. The number of amides is 1. The number of hydrogen-bond acceptors (Lipinski definition) is 6. The first-order valence-corrected chi connectivity index (χ1v) is 9.99. The molecule has 0 saturated heterocycles. The molecular weight excluding hydrogens is 362 g/mol. The minimum absolute atomic E-state index is 0.176. The van der Waals surface area contributed by atoms with E-state index in [2.05, 4.69) is 15.5 Å². The summed E-state index contributed by atoms with van der Waals surface area (Å²) in [4.78, 5) is 12.2. The molecule has 136 valence electrons. The molecule has 1 amide bonds. The fraction of sp³-hybridized carbons (Fsp3) is 0.400. The van der Waals surface area contributed by atoms with E-state index >= 15 is 0 Å². The molecule has 0 atom stereocenters. The van der Waals surface area contributed by atoms with Crippen molar-refractivity contribution in [3.63, 3.8) is 0 Å². The zero-order valence-corrected chi connectivity index (χ0v) is 16.1. The quantitative estimate of drug-likeness (QED) is 0.733. The van der Waals surface area contributed by atoms with Gasteiger partial charge in [-0.05, 0) is 38.1 Å². The smallest absolute Gasteiger partial charge is 0.242 e. The third-order valence-corrected chi connectivity index (χ3v) is 6.13. The van der Waals surface area contributed by atoms with Gasteiger partial charge < -0.3 is 9.88 Å². The van der Waals surface area contributed by atoms with E-state index in [-0.39, 0.29) is 22.6 Å². The maximum atomic E-state index is 12.1. The summed E-state index contributed by atoms with van der Waals surface area (Å²) in [6, 6.07) is 6.28. The summed E-state index contributed by atoms with van der Waals surface area (Å²) in [7, 11) is -0.536. The first-order valence-electron chi connectivity index (χ1n) is 7.56. The fourth-order valence-electron chi connectivity index (χ4n) is 1.94. The standard InChI is InChI=1S/C15H21N5O3S2/c1-11(2)20-10-16-18-15(20)24-9-14(21)17-12-5-7-13(8-6-12)25(22,23)19(3)4/h5-8,10-11H,9H2,1-4H3,(H,17,21). The van der Waals surface area contributed by atoms with Crippen molar-refractivity contribution in [1.82, 2.24) is 19.1 Å². The van der Waals surface area contributed by atoms with Crippen LogP contribution >= 0.6 is 11.8 Å². The lowest BCUT2D eigenvalue weighted by Crippen LogP contribution is -2.22. The van der Waals surface area contributed by atoms with Gasteiger partial charge in [-0.25, -0.2) is 12.7 Å². The molecule has 0 radical (unpaired) electrons. The monoisotopic (exact) mass is 383 g/mol. The molecule has 0 aliphatic rings. The largest absolute Gasteiger partial charge is 0.325 e. The molecule has 1 aromatic carbocycles. The van der Waals surface area contributed by atoms with E-state index in [4.69, 9.17) is 0 Å². The number of sulfonamides is 1. The number of thioether (sulfide) groups is 1. The molecule has 1 heterocycles. The van der Waals surface area contributed by atoms with Crippen molar-refractivity contribution in [2.24, 2.45) is 0 Å². The normalized spacial score (nSPS) is 11.9. The lowest BCUT2D eigenvalue weighted by atomic mass is 10.3. The van der Waals surface area contributed by atoms with Crippen LogP contribution in [0, 0.1) is 0 Å². The van der Waals surface area contributed by atoms with E-state index in [0.29, 0.717) is 10.8 Å². The van der Waals surface area contributed by atoms with Gasteiger partial charge in [0.25, 0.3) is 0 Å². The lowest BCUT2D eigenvalue weighted by molar-refractivity contribution is -0.113. The number of anilines is 1. The van der Waals surface area contributed by atoms with Gasteiger partial charge in [-0.1, -0.05) is 11.8 Å². The molecular formula is C15H21N5O3S2. The Morgan fingerprint density at radius 1 is 1.28 bits per heavy atom. The lowest BCUT2D eigenvalue weighted by Gasteiger charge is -2.12. The van der Waals surface area contributed by atoms with Crippen LogP contribution in [-0.2, 0) is 14.8 Å². The van der Waals surface area contributed by atoms with Crippen LogP contribution < -0.4 is 5.32 Å². The van der Waals surface area contributed by atoms with Gasteiger partial charge in [-0.2, -0.15) is 0 Å². The van der Waals surface area contributed by atoms with Gasteiger partial charge in [-0.3, -0.25) is 4.79 Å². The predicted molar refractivity (Wildman–Crippen MR) is 97.1 cm³/mol. The Morgan fingerprint density at radius 2 is 1.92 bits per heavy atom. The number of nitrogens with one attached hydrogen (secondary N) is 1. The van der Waals surface area contributed by atoms with Gasteiger partial charge in [-0.15, -0.1) is 10.2 Å². The highest BCUT2D eigenvalue weighted by Crippen LogP contribution is 2.20. The molecule has 0 fully saturated rings. The second-order valence-corrected chi connectivity index (χ2v) is 8.86. The number of benzene rings is 1. The number of rotatable bonds is 7. The number of nitrogens with zero attached hydrogens (tertiary/aromatic N) is 4. The van der Waals surface area contributed by atoms with Crippen LogP contribution in [0.15, 0.2) is 40.6 Å². The van der Waals surface area contributed by atoms with Crippen molar-refractivity contribution in [2.45, 2.75) is 29.9 Å². The molecule has 25 heavy (non-hydrogen) atoms. The molecule has 0 unspecified atom stereocenters. The molecule has 10 heteroatoms. The van der Waals surface area contributed by atoms with Crippen LogP contribution in [0.4, 0.5) is 5.69 Å². The molecule has 1 N–H and O–H groups in total. The van der Waals surface area contributed by atoms with Crippen molar-refractivity contribution in [3.8, 4) is 0 Å². The van der Waals surface area contributed by atoms with E-state index in [1.807, 2.05) is 18.4 Å². The number of carbonyl (C=O) groups is 1. The summed E-state index contributed by atoms with van der Waals surface area (Å²) in [5.74, 6) is -0.0186. The third kappa shape index (κ3) is 4.80. The van der Waals surface area contributed by atoms with Gasteiger partial charge >= 0.3 is 0 Å². The highest BCUT2D eigenvalue weighted by atomic mass is 32.2. The Morgan fingerprint density at radius 3 is 2.48 bits per heavy atom. The molecule has 2 aromatic rings. The van der Waals surface area contributed by atoms with Gasteiger partial charge in [0.1, 0.15) is 6.33 Å². The molecule has 1 aromatic heterocycles. The Kier molecular flexibility index (Phi) is 6.20. The Labute approximate surface area is 151 Å². The van der Waals surface area contributed by atoms with Crippen LogP contribution in [0.3, 0.4) is 0 Å². The summed E-state index contributed by atoms with van der Waals surface area (Å²) in [5, 5.41) is 11.3. The second kappa shape index (κ2) is 7.98. The van der Waals surface area contributed by atoms with Gasteiger partial charge in [0.05, 0.1) is 10.6 Å². The van der Waals surface area contributed by atoms with Crippen molar-refractivity contribution in [3.05, 3.63) is 30.6 Å². The van der Waals surface area contributed by atoms with E-state index in [1.165, 1.54) is 38.0 Å². The summed E-state index contributed by atoms with van der Waals surface area (Å²) in [6.45, 7) is 4.02. The Balaban J connectivity index is 1.96. The summed E-state index contributed by atoms with van der Waals surface area (Å²) in [6.07, 6.45) is 1.63. The average Bonchev–Trinajstić information content (AvgIpc) is 3.02. The van der Waals surface area contributed by atoms with Crippen LogP contribution in [-0.4, -0.2) is 53.2 Å². The molecule has 8 nitrogen and oxygen atoms in total.